The molecule has 6 heteroatoms. The van der Waals surface area contributed by atoms with Gasteiger partial charge in [0.15, 0.2) is 0 Å². The summed E-state index contributed by atoms with van der Waals surface area (Å²) in [7, 11) is -3.70. The van der Waals surface area contributed by atoms with Crippen molar-refractivity contribution in [3.63, 3.8) is 0 Å². The van der Waals surface area contributed by atoms with E-state index in [1.54, 1.807) is 36.0 Å². The second kappa shape index (κ2) is 7.77. The predicted molar refractivity (Wildman–Crippen MR) is 126 cm³/mol. The molecule has 0 atom stereocenters. The maximum absolute atomic E-state index is 13.6. The number of nitrogens with zero attached hydrogens (tertiary/aromatic N) is 2. The number of benzene rings is 4. The van der Waals surface area contributed by atoms with Crippen LogP contribution in [0.4, 0.5) is 5.69 Å². The molecule has 0 saturated heterocycles. The van der Waals surface area contributed by atoms with E-state index in [9.17, 15) is 8.42 Å². The van der Waals surface area contributed by atoms with Crippen LogP contribution in [0.25, 0.3) is 21.9 Å². The molecule has 1 heterocycles. The van der Waals surface area contributed by atoms with Gasteiger partial charge in [0.05, 0.1) is 22.2 Å². The zero-order valence-corrected chi connectivity index (χ0v) is 18.2. The van der Waals surface area contributed by atoms with E-state index in [1.807, 2.05) is 60.7 Å². The zero-order chi connectivity index (χ0) is 21.4. The molecule has 4 nitrogen and oxygen atoms in total. The molecule has 1 aliphatic heterocycles. The summed E-state index contributed by atoms with van der Waals surface area (Å²) in [6, 6.07) is 28.4. The molecule has 31 heavy (non-hydrogen) atoms. The van der Waals surface area contributed by atoms with E-state index in [0.717, 1.165) is 26.8 Å². The minimum atomic E-state index is -3.70. The Morgan fingerprint density at radius 3 is 2.35 bits per heavy atom. The minimum absolute atomic E-state index is 0.299. The number of anilines is 1. The molecule has 4 aromatic rings. The highest BCUT2D eigenvalue weighted by Gasteiger charge is 2.30. The van der Waals surface area contributed by atoms with Crippen molar-refractivity contribution in [2.75, 3.05) is 16.6 Å². The Labute approximate surface area is 185 Å². The second-order valence-electron chi connectivity index (χ2n) is 7.31. The number of nitriles is 1. The first-order valence-electron chi connectivity index (χ1n) is 9.85. The zero-order valence-electron chi connectivity index (χ0n) is 16.5. The fourth-order valence-electron chi connectivity index (χ4n) is 3.81. The van der Waals surface area contributed by atoms with Gasteiger partial charge in [0, 0.05) is 17.2 Å². The van der Waals surface area contributed by atoms with Crippen molar-refractivity contribution < 1.29 is 8.42 Å². The molecule has 4 aromatic carbocycles. The van der Waals surface area contributed by atoms with Crippen LogP contribution >= 0.6 is 11.8 Å². The molecule has 5 rings (SSSR count). The topological polar surface area (TPSA) is 61.2 Å². The Morgan fingerprint density at radius 2 is 1.58 bits per heavy atom. The van der Waals surface area contributed by atoms with Crippen molar-refractivity contribution in [3.8, 4) is 17.2 Å². The van der Waals surface area contributed by atoms with E-state index in [-0.39, 0.29) is 0 Å². The Bertz CT molecular complexity index is 1440. The standard InChI is InChI=1S/C25H18N2O2S2/c26-17-18-5-7-20(8-6-18)22-10-12-25-24(16-22)27(13-14-30-25)31(28,29)23-11-9-19-3-1-2-4-21(19)15-23/h1-12,15-16H,13-14H2. The molecule has 0 saturated carbocycles. The quantitative estimate of drug-likeness (QED) is 0.410. The van der Waals surface area contributed by atoms with Crippen LogP contribution in [0, 0.1) is 11.3 Å². The fourth-order valence-corrected chi connectivity index (χ4v) is 6.48. The average molecular weight is 443 g/mol. The summed E-state index contributed by atoms with van der Waals surface area (Å²) in [5.41, 5.74) is 3.16. The molecule has 152 valence electrons. The lowest BCUT2D eigenvalue weighted by atomic mass is 10.0. The van der Waals surface area contributed by atoms with Gasteiger partial charge in [-0.1, -0.05) is 48.5 Å². The van der Waals surface area contributed by atoms with Crippen molar-refractivity contribution in [1.82, 2.24) is 0 Å². The molecule has 0 aromatic heterocycles. The van der Waals surface area contributed by atoms with Crippen LogP contribution in [0.5, 0.6) is 0 Å². The third-order valence-electron chi connectivity index (χ3n) is 5.44. The average Bonchev–Trinajstić information content (AvgIpc) is 2.83. The fraction of sp³-hybridized carbons (Fsp3) is 0.0800. The maximum atomic E-state index is 13.6. The van der Waals surface area contributed by atoms with Gasteiger partial charge in [-0.25, -0.2) is 8.42 Å². The van der Waals surface area contributed by atoms with Gasteiger partial charge in [0.1, 0.15) is 0 Å². The number of rotatable bonds is 3. The lowest BCUT2D eigenvalue weighted by Gasteiger charge is -2.30. The van der Waals surface area contributed by atoms with Gasteiger partial charge in [-0.15, -0.1) is 11.8 Å². The van der Waals surface area contributed by atoms with Gasteiger partial charge in [-0.2, -0.15) is 5.26 Å². The first-order valence-corrected chi connectivity index (χ1v) is 12.3. The third-order valence-corrected chi connectivity index (χ3v) is 8.29. The van der Waals surface area contributed by atoms with Crippen LogP contribution in [0.3, 0.4) is 0 Å². The SMILES string of the molecule is N#Cc1ccc(-c2ccc3c(c2)N(S(=O)(=O)c2ccc4ccccc4c2)CCS3)cc1. The number of hydrogen-bond donors (Lipinski definition) is 0. The number of fused-ring (bicyclic) bond motifs is 2. The second-order valence-corrected chi connectivity index (χ2v) is 10.3. The highest BCUT2D eigenvalue weighted by atomic mass is 32.2. The lowest BCUT2D eigenvalue weighted by molar-refractivity contribution is 0.591. The number of sulfonamides is 1. The van der Waals surface area contributed by atoms with E-state index in [2.05, 4.69) is 6.07 Å². The normalized spacial score (nSPS) is 13.6. The first kappa shape index (κ1) is 19.7. The maximum Gasteiger partial charge on any atom is 0.264 e. The number of thioether (sulfide) groups is 1. The van der Waals surface area contributed by atoms with E-state index >= 15 is 0 Å². The Balaban J connectivity index is 1.58. The third kappa shape index (κ3) is 3.56. The largest absolute Gasteiger partial charge is 0.264 e. The van der Waals surface area contributed by atoms with Crippen LogP contribution in [-0.4, -0.2) is 20.7 Å². The van der Waals surface area contributed by atoms with Crippen LogP contribution < -0.4 is 4.31 Å². The Hall–Kier alpha value is -3.27. The summed E-state index contributed by atoms with van der Waals surface area (Å²) < 4.78 is 28.7. The van der Waals surface area contributed by atoms with Crippen molar-refractivity contribution in [1.29, 1.82) is 5.26 Å². The molecular formula is C25H18N2O2S2. The molecule has 0 fully saturated rings. The van der Waals surface area contributed by atoms with Gasteiger partial charge in [-0.05, 0) is 58.3 Å². The summed E-state index contributed by atoms with van der Waals surface area (Å²) in [6.07, 6.45) is 0. The van der Waals surface area contributed by atoms with Crippen LogP contribution in [0.1, 0.15) is 5.56 Å². The van der Waals surface area contributed by atoms with Crippen LogP contribution in [-0.2, 0) is 10.0 Å². The summed E-state index contributed by atoms with van der Waals surface area (Å²) in [4.78, 5) is 1.25. The summed E-state index contributed by atoms with van der Waals surface area (Å²) >= 11 is 1.67. The van der Waals surface area contributed by atoms with Crippen molar-refractivity contribution in [3.05, 3.63) is 90.5 Å². The van der Waals surface area contributed by atoms with Gasteiger partial charge in [0.25, 0.3) is 10.0 Å². The van der Waals surface area contributed by atoms with E-state index < -0.39 is 10.0 Å². The predicted octanol–water partition coefficient (Wildman–Crippen LogP) is 5.68. The molecule has 0 bridgehead atoms. The molecule has 0 aliphatic carbocycles. The Kier molecular flexibility index (Phi) is 4.93. The van der Waals surface area contributed by atoms with Gasteiger partial charge < -0.3 is 0 Å². The van der Waals surface area contributed by atoms with Gasteiger partial charge >= 0.3 is 0 Å². The highest BCUT2D eigenvalue weighted by molar-refractivity contribution is 8.00. The lowest BCUT2D eigenvalue weighted by Crippen LogP contribution is -2.35. The summed E-state index contributed by atoms with van der Waals surface area (Å²) in [5, 5.41) is 10.9. The van der Waals surface area contributed by atoms with E-state index in [0.29, 0.717) is 28.4 Å². The summed E-state index contributed by atoms with van der Waals surface area (Å²) in [6.45, 7) is 0.420. The minimum Gasteiger partial charge on any atom is -0.264 e. The van der Waals surface area contributed by atoms with Gasteiger partial charge in [0.2, 0.25) is 0 Å². The smallest absolute Gasteiger partial charge is 0.264 e. The molecular weight excluding hydrogens is 424 g/mol. The van der Waals surface area contributed by atoms with Crippen molar-refractivity contribution in [2.45, 2.75) is 9.79 Å². The highest BCUT2D eigenvalue weighted by Crippen LogP contribution is 2.40. The van der Waals surface area contributed by atoms with Crippen molar-refractivity contribution in [2.24, 2.45) is 0 Å². The Morgan fingerprint density at radius 1 is 0.839 bits per heavy atom. The molecule has 0 N–H and O–H groups in total. The van der Waals surface area contributed by atoms with Gasteiger partial charge in [-0.3, -0.25) is 4.31 Å². The molecule has 0 radical (unpaired) electrons. The first-order chi connectivity index (χ1) is 15.1. The van der Waals surface area contributed by atoms with Crippen molar-refractivity contribution >= 4 is 38.2 Å². The molecule has 0 unspecified atom stereocenters. The molecule has 0 amide bonds. The van der Waals surface area contributed by atoms with E-state index in [4.69, 9.17) is 5.26 Å². The monoisotopic (exact) mass is 442 g/mol. The molecule has 0 spiro atoms. The van der Waals surface area contributed by atoms with Crippen LogP contribution in [0.2, 0.25) is 0 Å². The summed E-state index contributed by atoms with van der Waals surface area (Å²) in [5.74, 6) is 0.704. The van der Waals surface area contributed by atoms with Crippen LogP contribution in [0.15, 0.2) is 94.7 Å². The number of hydrogen-bond acceptors (Lipinski definition) is 4. The van der Waals surface area contributed by atoms with E-state index in [1.165, 1.54) is 4.31 Å². The molecule has 1 aliphatic rings.